The predicted molar refractivity (Wildman–Crippen MR) is 102 cm³/mol. The number of likely N-dealkylation sites (N-methyl/N-ethyl adjacent to an activating group) is 1. The Morgan fingerprint density at radius 2 is 1.96 bits per heavy atom. The third-order valence-corrected chi connectivity index (χ3v) is 4.52. The first-order chi connectivity index (χ1) is 12.2. The summed E-state index contributed by atoms with van der Waals surface area (Å²) in [6.07, 6.45) is 5.99. The maximum atomic E-state index is 6.29. The minimum Gasteiger partial charge on any atom is -0.494 e. The van der Waals surface area contributed by atoms with Gasteiger partial charge in [-0.05, 0) is 38.1 Å². The first-order valence-electron chi connectivity index (χ1n) is 8.62. The van der Waals surface area contributed by atoms with E-state index in [0.29, 0.717) is 17.4 Å². The number of ether oxygens (including phenoxy) is 1. The van der Waals surface area contributed by atoms with Gasteiger partial charge in [-0.1, -0.05) is 0 Å². The average molecular weight is 342 g/mol. The van der Waals surface area contributed by atoms with Gasteiger partial charge in [0, 0.05) is 38.6 Å². The Morgan fingerprint density at radius 1 is 1.24 bits per heavy atom. The van der Waals surface area contributed by atoms with Gasteiger partial charge in [-0.2, -0.15) is 0 Å². The highest BCUT2D eigenvalue weighted by Crippen LogP contribution is 2.36. The van der Waals surface area contributed by atoms with Crippen molar-refractivity contribution in [2.75, 3.05) is 56.3 Å². The van der Waals surface area contributed by atoms with Crippen molar-refractivity contribution in [2.45, 2.75) is 12.8 Å². The summed E-state index contributed by atoms with van der Waals surface area (Å²) in [5.74, 6) is 1.22. The van der Waals surface area contributed by atoms with Crippen molar-refractivity contribution in [2.24, 2.45) is 0 Å². The fraction of sp³-hybridized carbons (Fsp3) is 0.444. The van der Waals surface area contributed by atoms with Crippen molar-refractivity contribution >= 4 is 23.0 Å². The molecule has 7 nitrogen and oxygen atoms in total. The van der Waals surface area contributed by atoms with Gasteiger partial charge in [-0.3, -0.25) is 0 Å². The Labute approximate surface area is 148 Å². The lowest BCUT2D eigenvalue weighted by Gasteiger charge is -2.25. The molecule has 1 aromatic heterocycles. The van der Waals surface area contributed by atoms with Gasteiger partial charge in [0.05, 0.1) is 24.2 Å². The van der Waals surface area contributed by atoms with Crippen molar-refractivity contribution in [3.8, 4) is 5.75 Å². The molecule has 0 radical (unpaired) electrons. The summed E-state index contributed by atoms with van der Waals surface area (Å²) < 4.78 is 5.53. The highest BCUT2D eigenvalue weighted by atomic mass is 16.5. The fourth-order valence-electron chi connectivity index (χ4n) is 3.09. The molecule has 7 heteroatoms. The van der Waals surface area contributed by atoms with Gasteiger partial charge in [-0.15, -0.1) is 0 Å². The van der Waals surface area contributed by atoms with Crippen LogP contribution < -0.4 is 20.7 Å². The van der Waals surface area contributed by atoms with Crippen LogP contribution in [0.4, 0.5) is 23.0 Å². The number of aromatic nitrogens is 2. The van der Waals surface area contributed by atoms with Crippen molar-refractivity contribution in [1.29, 1.82) is 0 Å². The Bertz CT molecular complexity index is 687. The molecular weight excluding hydrogens is 316 g/mol. The molecule has 0 aliphatic carbocycles. The molecule has 1 aromatic carbocycles. The third kappa shape index (κ3) is 4.30. The molecule has 25 heavy (non-hydrogen) atoms. The third-order valence-electron chi connectivity index (χ3n) is 4.52. The van der Waals surface area contributed by atoms with Gasteiger partial charge in [0.25, 0.3) is 0 Å². The number of nitrogen functional groups attached to an aromatic ring is 1. The van der Waals surface area contributed by atoms with Gasteiger partial charge in [0.15, 0.2) is 0 Å². The number of anilines is 4. The predicted octanol–water partition coefficient (Wildman–Crippen LogP) is 2.34. The number of nitrogens with zero attached hydrogens (tertiary/aromatic N) is 4. The number of nitrogens with one attached hydrogen (secondary N) is 1. The van der Waals surface area contributed by atoms with E-state index in [9.17, 15) is 0 Å². The lowest BCUT2D eigenvalue weighted by molar-refractivity contribution is 0.346. The molecule has 3 N–H and O–H groups in total. The zero-order chi connectivity index (χ0) is 17.6. The van der Waals surface area contributed by atoms with Crippen molar-refractivity contribution < 1.29 is 4.74 Å². The number of hydrogen-bond donors (Lipinski definition) is 2. The van der Waals surface area contributed by atoms with Gasteiger partial charge >= 0.3 is 0 Å². The standard InChI is InChI=1S/C18H26N6O/c1-23(10-11-24-8-3-4-9-24)16-13-17(25-2)15(12-14(16)19)22-18-20-6-5-7-21-18/h5-7,12-13H,3-4,8-11,19H2,1-2H3,(H,20,21,22). The molecule has 0 spiro atoms. The highest BCUT2D eigenvalue weighted by Gasteiger charge is 2.15. The molecule has 1 fully saturated rings. The van der Waals surface area contributed by atoms with Gasteiger partial charge in [-0.25, -0.2) is 9.97 Å². The Morgan fingerprint density at radius 3 is 2.64 bits per heavy atom. The average Bonchev–Trinajstić information content (AvgIpc) is 3.14. The summed E-state index contributed by atoms with van der Waals surface area (Å²) >= 11 is 0. The van der Waals surface area contributed by atoms with Crippen LogP contribution in [0.1, 0.15) is 12.8 Å². The molecule has 134 valence electrons. The molecule has 0 amide bonds. The van der Waals surface area contributed by atoms with Crippen LogP contribution in [0, 0.1) is 0 Å². The molecule has 0 bridgehead atoms. The van der Waals surface area contributed by atoms with Crippen molar-refractivity contribution in [1.82, 2.24) is 14.9 Å². The van der Waals surface area contributed by atoms with Crippen LogP contribution in [-0.4, -0.2) is 55.2 Å². The summed E-state index contributed by atoms with van der Waals surface area (Å²) in [6, 6.07) is 5.61. The van der Waals surface area contributed by atoms with E-state index in [1.807, 2.05) is 12.1 Å². The fourth-order valence-corrected chi connectivity index (χ4v) is 3.09. The Kier molecular flexibility index (Phi) is 5.55. The summed E-state index contributed by atoms with van der Waals surface area (Å²) in [5, 5.41) is 3.15. The van der Waals surface area contributed by atoms with Crippen molar-refractivity contribution in [3.63, 3.8) is 0 Å². The Hall–Kier alpha value is -2.54. The number of hydrogen-bond acceptors (Lipinski definition) is 7. The second-order valence-electron chi connectivity index (χ2n) is 6.28. The zero-order valence-corrected chi connectivity index (χ0v) is 14.9. The lowest BCUT2D eigenvalue weighted by atomic mass is 10.2. The van der Waals surface area contributed by atoms with Crippen LogP contribution in [0.15, 0.2) is 30.6 Å². The number of methoxy groups -OCH3 is 1. The summed E-state index contributed by atoms with van der Waals surface area (Å²) in [6.45, 7) is 4.39. The molecule has 0 saturated carbocycles. The van der Waals surface area contributed by atoms with E-state index in [0.717, 1.165) is 24.5 Å². The van der Waals surface area contributed by atoms with Gasteiger partial charge in [0.1, 0.15) is 5.75 Å². The first-order valence-corrected chi connectivity index (χ1v) is 8.62. The maximum absolute atomic E-state index is 6.29. The molecule has 1 aliphatic rings. The number of benzene rings is 1. The quantitative estimate of drug-likeness (QED) is 0.748. The molecule has 1 saturated heterocycles. The highest BCUT2D eigenvalue weighted by molar-refractivity contribution is 5.79. The maximum Gasteiger partial charge on any atom is 0.227 e. The van der Waals surface area contributed by atoms with Gasteiger partial charge in [0.2, 0.25) is 5.95 Å². The van der Waals surface area contributed by atoms with E-state index in [1.165, 1.54) is 25.9 Å². The smallest absolute Gasteiger partial charge is 0.227 e. The molecular formula is C18H26N6O. The topological polar surface area (TPSA) is 79.5 Å². The molecule has 0 atom stereocenters. The second-order valence-corrected chi connectivity index (χ2v) is 6.28. The van der Waals surface area contributed by atoms with E-state index in [-0.39, 0.29) is 0 Å². The summed E-state index contributed by atoms with van der Waals surface area (Å²) in [4.78, 5) is 13.0. The summed E-state index contributed by atoms with van der Waals surface area (Å²) in [7, 11) is 3.71. The number of likely N-dealkylation sites (tertiary alicyclic amines) is 1. The monoisotopic (exact) mass is 342 g/mol. The van der Waals surface area contributed by atoms with Crippen LogP contribution >= 0.6 is 0 Å². The minimum absolute atomic E-state index is 0.510. The van der Waals surface area contributed by atoms with Crippen LogP contribution in [-0.2, 0) is 0 Å². The SMILES string of the molecule is COc1cc(N(C)CCN2CCCC2)c(N)cc1Nc1ncccn1. The Balaban J connectivity index is 1.73. The molecule has 2 heterocycles. The van der Waals surface area contributed by atoms with E-state index in [1.54, 1.807) is 25.6 Å². The van der Waals surface area contributed by atoms with Crippen LogP contribution in [0.25, 0.3) is 0 Å². The second kappa shape index (κ2) is 8.02. The van der Waals surface area contributed by atoms with E-state index in [2.05, 4.69) is 32.1 Å². The lowest BCUT2D eigenvalue weighted by Crippen LogP contribution is -2.31. The van der Waals surface area contributed by atoms with Crippen LogP contribution in [0.2, 0.25) is 0 Å². The first kappa shape index (κ1) is 17.3. The normalized spacial score (nSPS) is 14.5. The largest absolute Gasteiger partial charge is 0.494 e. The minimum atomic E-state index is 0.510. The molecule has 0 unspecified atom stereocenters. The molecule has 1 aliphatic heterocycles. The summed E-state index contributed by atoms with van der Waals surface area (Å²) in [5.41, 5.74) is 8.71. The molecule has 3 rings (SSSR count). The van der Waals surface area contributed by atoms with Crippen molar-refractivity contribution in [3.05, 3.63) is 30.6 Å². The number of nitrogens with two attached hydrogens (primary N) is 1. The van der Waals surface area contributed by atoms with E-state index in [4.69, 9.17) is 10.5 Å². The van der Waals surface area contributed by atoms with E-state index >= 15 is 0 Å². The molecule has 2 aromatic rings. The van der Waals surface area contributed by atoms with E-state index < -0.39 is 0 Å². The van der Waals surface area contributed by atoms with Crippen LogP contribution in [0.3, 0.4) is 0 Å². The van der Waals surface area contributed by atoms with Crippen LogP contribution in [0.5, 0.6) is 5.75 Å². The number of rotatable bonds is 7. The zero-order valence-electron chi connectivity index (χ0n) is 14.9. The van der Waals surface area contributed by atoms with Gasteiger partial charge < -0.3 is 25.6 Å².